The summed E-state index contributed by atoms with van der Waals surface area (Å²) in [7, 11) is 0. The number of aliphatic hydroxyl groups excluding tert-OH is 1. The Hall–Kier alpha value is -4.17. The van der Waals surface area contributed by atoms with Gasteiger partial charge in [-0.25, -0.2) is 9.38 Å². The van der Waals surface area contributed by atoms with E-state index in [-0.39, 0.29) is 35.6 Å². The first-order valence-corrected chi connectivity index (χ1v) is 15.8. The monoisotopic (exact) mass is 652 g/mol. The quantitative estimate of drug-likeness (QED) is 0.0941. The highest BCUT2D eigenvalue weighted by molar-refractivity contribution is 6.31. The molecule has 3 aromatic rings. The van der Waals surface area contributed by atoms with Crippen LogP contribution in [0.25, 0.3) is 17.5 Å². The first-order valence-electron chi connectivity index (χ1n) is 15.4. The Morgan fingerprint density at radius 2 is 1.80 bits per heavy atom. The summed E-state index contributed by atoms with van der Waals surface area (Å²) in [4.78, 5) is 17.2. The Morgan fingerprint density at radius 3 is 2.50 bits per heavy atom. The number of H-pyrrole nitrogens is 1. The molecular formula is C32H42ClFN10O2. The summed E-state index contributed by atoms with van der Waals surface area (Å²) in [5, 5.41) is 11.6. The lowest BCUT2D eigenvalue weighted by Crippen LogP contribution is -2.41. The first-order chi connectivity index (χ1) is 22.1. The Labute approximate surface area is 271 Å². The number of ether oxygens (including phenoxy) is 1. The molecule has 2 aliphatic rings. The van der Waals surface area contributed by atoms with Crippen molar-refractivity contribution in [3.8, 4) is 11.3 Å². The van der Waals surface area contributed by atoms with Crippen LogP contribution in [0.4, 0.5) is 10.1 Å². The van der Waals surface area contributed by atoms with Crippen LogP contribution in [0.2, 0.25) is 5.02 Å². The van der Waals surface area contributed by atoms with Crippen molar-refractivity contribution in [2.24, 2.45) is 49.6 Å². The van der Waals surface area contributed by atoms with Crippen LogP contribution < -0.4 is 44.3 Å². The lowest BCUT2D eigenvalue weighted by Gasteiger charge is -2.25. The van der Waals surface area contributed by atoms with Crippen LogP contribution in [0.15, 0.2) is 57.4 Å². The molecule has 2 heterocycles. The van der Waals surface area contributed by atoms with Crippen molar-refractivity contribution < 1.29 is 14.2 Å². The van der Waals surface area contributed by atoms with E-state index in [9.17, 15) is 5.11 Å². The second-order valence-corrected chi connectivity index (χ2v) is 12.2. The van der Waals surface area contributed by atoms with Crippen molar-refractivity contribution in [3.05, 3.63) is 75.1 Å². The number of benzene rings is 2. The molecule has 0 amide bonds. The van der Waals surface area contributed by atoms with Gasteiger partial charge in [0.05, 0.1) is 30.0 Å². The molecule has 14 heteroatoms. The molecule has 1 aliphatic heterocycles. The van der Waals surface area contributed by atoms with E-state index in [2.05, 4.69) is 20.0 Å². The fourth-order valence-corrected chi connectivity index (χ4v) is 5.69. The summed E-state index contributed by atoms with van der Waals surface area (Å²) in [6.07, 6.45) is 5.85. The van der Waals surface area contributed by atoms with Crippen molar-refractivity contribution in [2.75, 3.05) is 18.0 Å². The van der Waals surface area contributed by atoms with Gasteiger partial charge in [-0.15, -0.1) is 0 Å². The number of nitrogens with zero attached hydrogens (tertiary/aromatic N) is 4. The lowest BCUT2D eigenvalue weighted by molar-refractivity contribution is 0.0429. The van der Waals surface area contributed by atoms with Crippen LogP contribution in [-0.2, 0) is 17.8 Å². The number of aromatic amines is 1. The van der Waals surface area contributed by atoms with Crippen LogP contribution >= 0.6 is 11.6 Å². The molecule has 1 fully saturated rings. The number of aryl methyl sites for hydroxylation is 1. The van der Waals surface area contributed by atoms with Crippen molar-refractivity contribution in [1.82, 2.24) is 4.98 Å². The zero-order valence-corrected chi connectivity index (χ0v) is 26.3. The van der Waals surface area contributed by atoms with Crippen molar-refractivity contribution in [2.45, 2.75) is 63.6 Å². The van der Waals surface area contributed by atoms with Gasteiger partial charge in [0, 0.05) is 35.3 Å². The van der Waals surface area contributed by atoms with Gasteiger partial charge in [-0.1, -0.05) is 23.7 Å². The Kier molecular flexibility index (Phi) is 10.8. The third-order valence-corrected chi connectivity index (χ3v) is 8.42. The standard InChI is InChI=1S/C32H42ClFN10O2/c33-25-13-19(2-1-3-26(35)20-6-7-20)12-24(28(25)34)27-14-21-16-44(32(45)43-29(21)42-27)22-8-4-18(5-9-22)17-46-23(15-41-31(38)39)10-11-40-30(36)37/h4-5,8-9,12-14,16,20,23,26,32,45H,1-3,6-7,10-11,15,17,35H2,(H,42,43)(H4,36,37,40)(H4,38,39,41). The number of nitrogens with two attached hydrogens (primary N) is 5. The average Bonchev–Trinajstić information content (AvgIpc) is 3.79. The summed E-state index contributed by atoms with van der Waals surface area (Å²) < 4.78 is 21.2. The maximum atomic E-state index is 15.2. The lowest BCUT2D eigenvalue weighted by atomic mass is 10.00. The van der Waals surface area contributed by atoms with Crippen molar-refractivity contribution in [3.63, 3.8) is 0 Å². The molecule has 2 aromatic carbocycles. The minimum atomic E-state index is -1.18. The van der Waals surface area contributed by atoms with Gasteiger partial charge in [-0.2, -0.15) is 0 Å². The van der Waals surface area contributed by atoms with Gasteiger partial charge in [0.25, 0.3) is 0 Å². The molecule has 0 saturated heterocycles. The van der Waals surface area contributed by atoms with E-state index in [0.717, 1.165) is 30.4 Å². The molecule has 1 aliphatic carbocycles. The zero-order valence-electron chi connectivity index (χ0n) is 25.6. The molecule has 3 atom stereocenters. The molecule has 3 unspecified atom stereocenters. The van der Waals surface area contributed by atoms with E-state index in [1.165, 1.54) is 12.8 Å². The van der Waals surface area contributed by atoms with Gasteiger partial charge in [0.1, 0.15) is 5.49 Å². The summed E-state index contributed by atoms with van der Waals surface area (Å²) >= 11 is 6.31. The normalized spacial score (nSPS) is 17.0. The summed E-state index contributed by atoms with van der Waals surface area (Å²) in [6.45, 7) is 0.949. The molecule has 0 bridgehead atoms. The van der Waals surface area contributed by atoms with E-state index in [1.807, 2.05) is 30.3 Å². The van der Waals surface area contributed by atoms with Crippen LogP contribution in [0, 0.1) is 11.7 Å². The minimum Gasteiger partial charge on any atom is -0.372 e. The smallest absolute Gasteiger partial charge is 0.231 e. The predicted octanol–water partition coefficient (Wildman–Crippen LogP) is 1.51. The summed E-state index contributed by atoms with van der Waals surface area (Å²) in [5.41, 5.74) is 31.9. The van der Waals surface area contributed by atoms with E-state index < -0.39 is 12.2 Å². The van der Waals surface area contributed by atoms with Gasteiger partial charge in [-0.3, -0.25) is 9.98 Å². The minimum absolute atomic E-state index is 0.00367. The molecule has 246 valence electrons. The number of aromatic nitrogens is 1. The average molecular weight is 653 g/mol. The fourth-order valence-electron chi connectivity index (χ4n) is 5.45. The second kappa shape index (κ2) is 14.9. The Bertz CT molecular complexity index is 1680. The topological polar surface area (TPSA) is 216 Å². The number of rotatable bonds is 15. The van der Waals surface area contributed by atoms with Crippen LogP contribution in [0.1, 0.15) is 43.2 Å². The maximum Gasteiger partial charge on any atom is 0.231 e. The number of anilines is 1. The molecule has 0 spiro atoms. The Balaban J connectivity index is 1.27. The van der Waals surface area contributed by atoms with E-state index >= 15 is 4.39 Å². The van der Waals surface area contributed by atoms with E-state index in [0.29, 0.717) is 53.1 Å². The number of hydrogen-bond acceptors (Lipinski definition) is 7. The highest BCUT2D eigenvalue weighted by atomic mass is 35.5. The highest BCUT2D eigenvalue weighted by Gasteiger charge is 2.28. The van der Waals surface area contributed by atoms with Crippen molar-refractivity contribution in [1.29, 1.82) is 0 Å². The molecule has 46 heavy (non-hydrogen) atoms. The van der Waals surface area contributed by atoms with Gasteiger partial charge >= 0.3 is 0 Å². The highest BCUT2D eigenvalue weighted by Crippen LogP contribution is 2.34. The summed E-state index contributed by atoms with van der Waals surface area (Å²) in [6, 6.07) is 13.0. The van der Waals surface area contributed by atoms with Gasteiger partial charge in [0.15, 0.2) is 17.7 Å². The number of halogens is 2. The molecule has 5 rings (SSSR count). The number of aliphatic imine (C=N–C) groups is 2. The van der Waals surface area contributed by atoms with Crippen LogP contribution in [0.3, 0.4) is 0 Å². The van der Waals surface area contributed by atoms with E-state index in [1.54, 1.807) is 23.2 Å². The first kappa shape index (κ1) is 33.2. The number of fused-ring (bicyclic) bond motifs is 1. The summed E-state index contributed by atoms with van der Waals surface area (Å²) in [5.74, 6) is 0.116. The van der Waals surface area contributed by atoms with Gasteiger partial charge in [0.2, 0.25) is 6.35 Å². The molecular weight excluding hydrogens is 611 g/mol. The van der Waals surface area contributed by atoms with Gasteiger partial charge in [-0.05, 0) is 85.9 Å². The molecule has 1 aromatic heterocycles. The maximum absolute atomic E-state index is 15.2. The zero-order chi connectivity index (χ0) is 32.8. The number of nitrogens with one attached hydrogen (secondary N) is 1. The predicted molar refractivity (Wildman–Crippen MR) is 180 cm³/mol. The Morgan fingerprint density at radius 1 is 1.07 bits per heavy atom. The SMILES string of the molecule is NC(N)=NCCC(CN=C(N)N)OCc1ccc(N2C=c3cc(-c4cc(CCCC(N)C5CC5)cc(Cl)c4F)[nH]c3=NC2O)cc1. The molecule has 12 nitrogen and oxygen atoms in total. The molecule has 0 radical (unpaired) electrons. The van der Waals surface area contributed by atoms with E-state index in [4.69, 9.17) is 45.0 Å². The molecule has 12 N–H and O–H groups in total. The van der Waals surface area contributed by atoms with Gasteiger partial charge < -0.3 is 48.4 Å². The third kappa shape index (κ3) is 8.75. The fraction of sp³-hybridized carbons (Fsp3) is 0.406. The van der Waals surface area contributed by atoms with Crippen molar-refractivity contribution >= 4 is 35.4 Å². The third-order valence-electron chi connectivity index (χ3n) is 8.15. The largest absolute Gasteiger partial charge is 0.372 e. The molecule has 1 saturated carbocycles. The number of guanidine groups is 2. The second-order valence-electron chi connectivity index (χ2n) is 11.8. The number of aliphatic hydroxyl groups is 1. The van der Waals surface area contributed by atoms with Crippen LogP contribution in [-0.4, -0.2) is 53.6 Å². The van der Waals surface area contributed by atoms with Crippen LogP contribution in [0.5, 0.6) is 0 Å². The number of hydrogen-bond donors (Lipinski definition) is 7.